The fourth-order valence-corrected chi connectivity index (χ4v) is 1.61. The molecule has 5 nitrogen and oxygen atoms in total. The Balaban J connectivity index is 2.66. The lowest BCUT2D eigenvalue weighted by molar-refractivity contribution is 0.334. The quantitative estimate of drug-likeness (QED) is 0.422. The van der Waals surface area contributed by atoms with Crippen LogP contribution in [0.15, 0.2) is 23.3 Å². The molecule has 0 spiro atoms. The zero-order valence-corrected chi connectivity index (χ0v) is 12.0. The normalized spacial score (nSPS) is 11.2. The van der Waals surface area contributed by atoms with Crippen molar-refractivity contribution in [2.45, 2.75) is 26.7 Å². The third-order valence-corrected chi connectivity index (χ3v) is 2.55. The molecule has 0 heterocycles. The Hall–Kier alpha value is -1.82. The van der Waals surface area contributed by atoms with Gasteiger partial charge in [-0.2, -0.15) is 5.10 Å². The first-order chi connectivity index (χ1) is 9.02. The van der Waals surface area contributed by atoms with Crippen molar-refractivity contribution in [3.8, 4) is 11.5 Å². The third kappa shape index (κ3) is 5.56. The minimum Gasteiger partial charge on any atom is -0.508 e. The Kier molecular flexibility index (Phi) is 6.08. The molecule has 0 amide bonds. The highest BCUT2D eigenvalue weighted by molar-refractivity contribution is 7.80. The Morgan fingerprint density at radius 2 is 2.26 bits per heavy atom. The predicted molar refractivity (Wildman–Crippen MR) is 80.6 cm³/mol. The standard InChI is InChI=1S/C13H19N3O2S/c1-3-18-12-8-11(17)7-6-10(12)5-4-9(2)15-16-13(14)19/h6-8,17H,3-5H2,1-2H3,(H3,14,16,19)/b15-9+. The van der Waals surface area contributed by atoms with Crippen molar-refractivity contribution < 1.29 is 9.84 Å². The van der Waals surface area contributed by atoms with Gasteiger partial charge in [-0.05, 0) is 50.5 Å². The first-order valence-electron chi connectivity index (χ1n) is 6.06. The minimum atomic E-state index is 0.152. The number of hydrogen-bond donors (Lipinski definition) is 3. The first-order valence-corrected chi connectivity index (χ1v) is 6.47. The van der Waals surface area contributed by atoms with Gasteiger partial charge in [0.15, 0.2) is 5.11 Å². The van der Waals surface area contributed by atoms with E-state index >= 15 is 0 Å². The molecule has 0 saturated heterocycles. The summed E-state index contributed by atoms with van der Waals surface area (Å²) >= 11 is 4.67. The van der Waals surface area contributed by atoms with E-state index in [2.05, 4.69) is 22.7 Å². The zero-order chi connectivity index (χ0) is 14.3. The summed E-state index contributed by atoms with van der Waals surface area (Å²) in [6.07, 6.45) is 1.52. The lowest BCUT2D eigenvalue weighted by Gasteiger charge is -2.10. The Labute approximate surface area is 118 Å². The van der Waals surface area contributed by atoms with E-state index in [0.29, 0.717) is 12.4 Å². The molecule has 1 rings (SSSR count). The number of aryl methyl sites for hydroxylation is 1. The van der Waals surface area contributed by atoms with Crippen molar-refractivity contribution in [1.29, 1.82) is 0 Å². The van der Waals surface area contributed by atoms with E-state index in [1.54, 1.807) is 12.1 Å². The molecular formula is C13H19N3O2S. The number of aromatic hydroxyl groups is 1. The summed E-state index contributed by atoms with van der Waals surface area (Å²) < 4.78 is 5.49. The predicted octanol–water partition coefficient (Wildman–Crippen LogP) is 1.93. The van der Waals surface area contributed by atoms with Gasteiger partial charge in [0.05, 0.1) is 6.61 Å². The number of rotatable bonds is 6. The molecular weight excluding hydrogens is 262 g/mol. The monoisotopic (exact) mass is 281 g/mol. The first kappa shape index (κ1) is 15.2. The second kappa shape index (κ2) is 7.58. The van der Waals surface area contributed by atoms with Gasteiger partial charge < -0.3 is 15.6 Å². The second-order valence-corrected chi connectivity index (χ2v) is 4.49. The summed E-state index contributed by atoms with van der Waals surface area (Å²) in [5, 5.41) is 13.6. The van der Waals surface area contributed by atoms with Crippen LogP contribution in [0.2, 0.25) is 0 Å². The van der Waals surface area contributed by atoms with Crippen LogP contribution in [0.4, 0.5) is 0 Å². The van der Waals surface area contributed by atoms with Gasteiger partial charge >= 0.3 is 0 Å². The van der Waals surface area contributed by atoms with Gasteiger partial charge in [0.2, 0.25) is 0 Å². The average Bonchev–Trinajstić information content (AvgIpc) is 2.35. The molecule has 0 fully saturated rings. The van der Waals surface area contributed by atoms with Crippen molar-refractivity contribution in [3.63, 3.8) is 0 Å². The molecule has 0 radical (unpaired) electrons. The van der Waals surface area contributed by atoms with Crippen LogP contribution >= 0.6 is 12.2 Å². The van der Waals surface area contributed by atoms with Crippen LogP contribution in [0.5, 0.6) is 11.5 Å². The molecule has 1 aromatic rings. The Morgan fingerprint density at radius 3 is 2.89 bits per heavy atom. The van der Waals surface area contributed by atoms with Crippen LogP contribution < -0.4 is 15.9 Å². The molecule has 0 atom stereocenters. The van der Waals surface area contributed by atoms with Gasteiger partial charge in [0.25, 0.3) is 0 Å². The van der Waals surface area contributed by atoms with E-state index in [1.165, 1.54) is 0 Å². The van der Waals surface area contributed by atoms with Crippen LogP contribution in [-0.4, -0.2) is 22.5 Å². The number of phenolic OH excluding ortho intramolecular Hbond substituents is 1. The summed E-state index contributed by atoms with van der Waals surface area (Å²) in [6, 6.07) is 5.13. The summed E-state index contributed by atoms with van der Waals surface area (Å²) in [5.41, 5.74) is 9.77. The lowest BCUT2D eigenvalue weighted by atomic mass is 10.1. The molecule has 0 aliphatic rings. The molecule has 0 aliphatic heterocycles. The van der Waals surface area contributed by atoms with Crippen LogP contribution in [0.1, 0.15) is 25.8 Å². The highest BCUT2D eigenvalue weighted by Crippen LogP contribution is 2.25. The fourth-order valence-electron chi connectivity index (χ4n) is 1.56. The lowest BCUT2D eigenvalue weighted by Crippen LogP contribution is -2.25. The smallest absolute Gasteiger partial charge is 0.184 e. The number of hydrazone groups is 1. The molecule has 0 bridgehead atoms. The minimum absolute atomic E-state index is 0.152. The number of nitrogens with zero attached hydrogens (tertiary/aromatic N) is 1. The van der Waals surface area contributed by atoms with Gasteiger partial charge in [-0.15, -0.1) is 0 Å². The third-order valence-electron chi connectivity index (χ3n) is 2.46. The number of ether oxygens (including phenoxy) is 1. The molecule has 19 heavy (non-hydrogen) atoms. The average molecular weight is 281 g/mol. The number of benzene rings is 1. The number of nitrogens with one attached hydrogen (secondary N) is 1. The van der Waals surface area contributed by atoms with Crippen molar-refractivity contribution in [2.75, 3.05) is 6.61 Å². The van der Waals surface area contributed by atoms with E-state index in [1.807, 2.05) is 19.9 Å². The topological polar surface area (TPSA) is 79.9 Å². The van der Waals surface area contributed by atoms with Crippen molar-refractivity contribution in [1.82, 2.24) is 5.43 Å². The van der Waals surface area contributed by atoms with Crippen molar-refractivity contribution in [3.05, 3.63) is 23.8 Å². The maximum atomic E-state index is 9.44. The van der Waals surface area contributed by atoms with Crippen LogP contribution in [-0.2, 0) is 6.42 Å². The van der Waals surface area contributed by atoms with Crippen LogP contribution in [0.25, 0.3) is 0 Å². The van der Waals surface area contributed by atoms with E-state index in [0.717, 1.165) is 24.1 Å². The number of nitrogens with two attached hydrogens (primary N) is 1. The maximum Gasteiger partial charge on any atom is 0.184 e. The highest BCUT2D eigenvalue weighted by Gasteiger charge is 2.05. The van der Waals surface area contributed by atoms with Gasteiger partial charge in [0, 0.05) is 11.8 Å². The fraction of sp³-hybridized carbons (Fsp3) is 0.385. The summed E-state index contributed by atoms with van der Waals surface area (Å²) in [6.45, 7) is 4.37. The maximum absolute atomic E-state index is 9.44. The highest BCUT2D eigenvalue weighted by atomic mass is 32.1. The molecule has 0 unspecified atom stereocenters. The Bertz CT molecular complexity index is 475. The van der Waals surface area contributed by atoms with E-state index in [-0.39, 0.29) is 10.9 Å². The molecule has 0 aromatic heterocycles. The van der Waals surface area contributed by atoms with E-state index < -0.39 is 0 Å². The van der Waals surface area contributed by atoms with Crippen LogP contribution in [0, 0.1) is 0 Å². The Morgan fingerprint density at radius 1 is 1.53 bits per heavy atom. The van der Waals surface area contributed by atoms with Gasteiger partial charge in [-0.3, -0.25) is 5.43 Å². The largest absolute Gasteiger partial charge is 0.508 e. The number of thiocarbonyl (C=S) groups is 1. The molecule has 4 N–H and O–H groups in total. The van der Waals surface area contributed by atoms with Gasteiger partial charge in [-0.25, -0.2) is 0 Å². The van der Waals surface area contributed by atoms with Gasteiger partial charge in [-0.1, -0.05) is 6.07 Å². The number of hydrogen-bond acceptors (Lipinski definition) is 4. The SMILES string of the molecule is CCOc1cc(O)ccc1CC/C(C)=N/NC(N)=S. The molecule has 0 saturated carbocycles. The van der Waals surface area contributed by atoms with Crippen LogP contribution in [0.3, 0.4) is 0 Å². The van der Waals surface area contributed by atoms with Crippen molar-refractivity contribution >= 4 is 23.0 Å². The van der Waals surface area contributed by atoms with E-state index in [9.17, 15) is 5.11 Å². The molecule has 0 aliphatic carbocycles. The zero-order valence-electron chi connectivity index (χ0n) is 11.1. The van der Waals surface area contributed by atoms with E-state index in [4.69, 9.17) is 10.5 Å². The summed E-state index contributed by atoms with van der Waals surface area (Å²) in [7, 11) is 0. The number of phenols is 1. The molecule has 104 valence electrons. The van der Waals surface area contributed by atoms with Crippen molar-refractivity contribution in [2.24, 2.45) is 10.8 Å². The summed E-state index contributed by atoms with van der Waals surface area (Å²) in [5.74, 6) is 0.908. The van der Waals surface area contributed by atoms with Gasteiger partial charge in [0.1, 0.15) is 11.5 Å². The molecule has 1 aromatic carbocycles. The second-order valence-electron chi connectivity index (χ2n) is 4.05. The molecule has 6 heteroatoms. The summed E-state index contributed by atoms with van der Waals surface area (Å²) in [4.78, 5) is 0.